The molecule has 0 radical (unpaired) electrons. The minimum atomic E-state index is -0.698. The van der Waals surface area contributed by atoms with Crippen molar-refractivity contribution in [3.63, 3.8) is 0 Å². The van der Waals surface area contributed by atoms with Crippen molar-refractivity contribution in [2.45, 2.75) is 6.92 Å². The van der Waals surface area contributed by atoms with Gasteiger partial charge < -0.3 is 9.97 Å². The number of rotatable bonds is 3. The first-order valence-corrected chi connectivity index (χ1v) is 8.00. The van der Waals surface area contributed by atoms with Crippen molar-refractivity contribution in [3.05, 3.63) is 84.5 Å². The highest BCUT2D eigenvalue weighted by Crippen LogP contribution is 2.21. The van der Waals surface area contributed by atoms with Crippen LogP contribution in [0.15, 0.2) is 57.2 Å². The Morgan fingerprint density at radius 1 is 1.11 bits per heavy atom. The second-order valence-corrected chi connectivity index (χ2v) is 6.07. The Labute approximate surface area is 150 Å². The van der Waals surface area contributed by atoms with E-state index < -0.39 is 16.2 Å². The average molecular weight is 363 g/mol. The number of nitro benzene ring substituents is 1. The van der Waals surface area contributed by atoms with Gasteiger partial charge in [-0.1, -0.05) is 23.8 Å². The molecule has 4 rings (SSSR count). The zero-order chi connectivity index (χ0) is 19.1. The molecule has 0 aliphatic heterocycles. The molecule has 4 aromatic rings. The highest BCUT2D eigenvalue weighted by Gasteiger charge is 2.12. The first-order chi connectivity index (χ1) is 12.9. The largest absolute Gasteiger partial charge is 0.350 e. The predicted octanol–water partition coefficient (Wildman–Crippen LogP) is 2.27. The van der Waals surface area contributed by atoms with Gasteiger partial charge in [-0.05, 0) is 19.1 Å². The molecule has 0 aliphatic carbocycles. The number of nitrogens with one attached hydrogen (secondary N) is 2. The maximum Gasteiger partial charge on any atom is 0.350 e. The molecule has 0 amide bonds. The molecule has 0 bridgehead atoms. The van der Waals surface area contributed by atoms with Gasteiger partial charge >= 0.3 is 11.2 Å². The van der Waals surface area contributed by atoms with E-state index in [9.17, 15) is 19.7 Å². The first kappa shape index (κ1) is 16.5. The second kappa shape index (κ2) is 6.06. The van der Waals surface area contributed by atoms with E-state index in [2.05, 4.69) is 15.1 Å². The quantitative estimate of drug-likeness (QED) is 0.329. The second-order valence-electron chi connectivity index (χ2n) is 6.07. The molecule has 9 heteroatoms. The molecular formula is C18H13N5O4. The zero-order valence-electron chi connectivity index (χ0n) is 14.1. The summed E-state index contributed by atoms with van der Waals surface area (Å²) in [6.07, 6.45) is 1.22. The van der Waals surface area contributed by atoms with Crippen molar-refractivity contribution >= 4 is 33.8 Å². The van der Waals surface area contributed by atoms with Gasteiger partial charge in [-0.3, -0.25) is 14.9 Å². The van der Waals surface area contributed by atoms with Gasteiger partial charge in [0.2, 0.25) is 0 Å². The fraction of sp³-hybridized carbons (Fsp3) is 0.0556. The maximum absolute atomic E-state index is 12.7. The highest BCUT2D eigenvalue weighted by molar-refractivity contribution is 6.04. The lowest BCUT2D eigenvalue weighted by atomic mass is 10.2. The van der Waals surface area contributed by atoms with Crippen LogP contribution in [0.1, 0.15) is 11.1 Å². The van der Waals surface area contributed by atoms with Crippen molar-refractivity contribution < 1.29 is 4.92 Å². The Balaban J connectivity index is 1.86. The van der Waals surface area contributed by atoms with Crippen LogP contribution in [0, 0.1) is 17.0 Å². The fourth-order valence-corrected chi connectivity index (χ4v) is 2.90. The van der Waals surface area contributed by atoms with Crippen molar-refractivity contribution in [3.8, 4) is 0 Å². The predicted molar refractivity (Wildman–Crippen MR) is 102 cm³/mol. The molecule has 0 unspecified atom stereocenters. The number of hydrogen-bond acceptors (Lipinski definition) is 5. The summed E-state index contributed by atoms with van der Waals surface area (Å²) >= 11 is 0. The van der Waals surface area contributed by atoms with Crippen LogP contribution in [0.2, 0.25) is 0 Å². The van der Waals surface area contributed by atoms with Gasteiger partial charge in [0, 0.05) is 28.6 Å². The third-order valence-electron chi connectivity index (χ3n) is 4.19. The van der Waals surface area contributed by atoms with Crippen LogP contribution in [0.4, 0.5) is 5.69 Å². The number of nitrogens with zero attached hydrogens (tertiary/aromatic N) is 3. The van der Waals surface area contributed by atoms with E-state index in [-0.39, 0.29) is 11.2 Å². The van der Waals surface area contributed by atoms with Crippen LogP contribution in [0.25, 0.3) is 21.9 Å². The zero-order valence-corrected chi connectivity index (χ0v) is 14.1. The molecule has 9 nitrogen and oxygen atoms in total. The Bertz CT molecular complexity index is 1360. The number of aromatic nitrogens is 3. The number of H-pyrrole nitrogens is 2. The minimum Gasteiger partial charge on any atom is -0.349 e. The summed E-state index contributed by atoms with van der Waals surface area (Å²) in [5.41, 5.74) is 1.35. The van der Waals surface area contributed by atoms with E-state index in [1.165, 1.54) is 24.4 Å². The Hall–Kier alpha value is -4.01. The number of aromatic amines is 2. The molecule has 0 aliphatic rings. The lowest BCUT2D eigenvalue weighted by Gasteiger charge is -1.98. The molecule has 2 aromatic heterocycles. The Morgan fingerprint density at radius 3 is 2.70 bits per heavy atom. The van der Waals surface area contributed by atoms with Crippen LogP contribution in [-0.2, 0) is 0 Å². The number of non-ortho nitro benzene ring substituents is 1. The van der Waals surface area contributed by atoms with Gasteiger partial charge in [0.25, 0.3) is 5.69 Å². The summed E-state index contributed by atoms with van der Waals surface area (Å²) in [4.78, 5) is 41.0. The van der Waals surface area contributed by atoms with Crippen LogP contribution in [-0.4, -0.2) is 25.8 Å². The summed E-state index contributed by atoms with van der Waals surface area (Å²) < 4.78 is 0.684. The molecule has 2 aromatic carbocycles. The standard InChI is InChI=1S/C18H13N5O4/c1-10-5-6-14-13(7-10)15-16(20-14)17(24)22(18(25)21-15)19-9-11-3-2-4-12(8-11)23(26)27/h2-9,20H,1H3,(H,21,25). The highest BCUT2D eigenvalue weighted by atomic mass is 16.6. The molecule has 0 spiro atoms. The number of hydrogen-bond donors (Lipinski definition) is 2. The molecule has 134 valence electrons. The SMILES string of the molecule is Cc1ccc2[nH]c3c(=O)n(N=Cc4cccc([N+](=O)[O-])c4)c(=O)[nH]c3c2c1. The van der Waals surface area contributed by atoms with Crippen LogP contribution in [0.5, 0.6) is 0 Å². The number of fused-ring (bicyclic) bond motifs is 3. The first-order valence-electron chi connectivity index (χ1n) is 8.00. The molecule has 0 saturated carbocycles. The molecule has 0 fully saturated rings. The molecule has 2 N–H and O–H groups in total. The third-order valence-corrected chi connectivity index (χ3v) is 4.19. The minimum absolute atomic E-state index is 0.110. The van der Waals surface area contributed by atoms with Crippen molar-refractivity contribution in [2.75, 3.05) is 0 Å². The lowest BCUT2D eigenvalue weighted by molar-refractivity contribution is -0.384. The summed E-state index contributed by atoms with van der Waals surface area (Å²) in [5, 5.41) is 15.5. The molecule has 27 heavy (non-hydrogen) atoms. The molecular weight excluding hydrogens is 350 g/mol. The third kappa shape index (κ3) is 2.80. The summed E-state index contributed by atoms with van der Waals surface area (Å²) in [6.45, 7) is 1.92. The smallest absolute Gasteiger partial charge is 0.349 e. The van der Waals surface area contributed by atoms with Crippen LogP contribution >= 0.6 is 0 Å². The van der Waals surface area contributed by atoms with Crippen molar-refractivity contribution in [2.24, 2.45) is 5.10 Å². The van der Waals surface area contributed by atoms with E-state index >= 15 is 0 Å². The van der Waals surface area contributed by atoms with E-state index in [4.69, 9.17) is 0 Å². The molecule has 0 atom stereocenters. The Morgan fingerprint density at radius 2 is 1.93 bits per heavy atom. The van der Waals surface area contributed by atoms with Gasteiger partial charge in [-0.25, -0.2) is 4.79 Å². The lowest BCUT2D eigenvalue weighted by Crippen LogP contribution is -2.32. The van der Waals surface area contributed by atoms with Gasteiger partial charge in [0.15, 0.2) is 0 Å². The molecule has 0 saturated heterocycles. The van der Waals surface area contributed by atoms with Gasteiger partial charge in [-0.15, -0.1) is 4.68 Å². The summed E-state index contributed by atoms with van der Waals surface area (Å²) in [5.74, 6) is 0. The maximum atomic E-state index is 12.7. The topological polar surface area (TPSA) is 126 Å². The van der Waals surface area contributed by atoms with Crippen molar-refractivity contribution in [1.82, 2.24) is 14.6 Å². The normalized spacial score (nSPS) is 11.6. The van der Waals surface area contributed by atoms with E-state index in [0.717, 1.165) is 16.5 Å². The van der Waals surface area contributed by atoms with Gasteiger partial charge in [0.05, 0.1) is 16.7 Å². The monoisotopic (exact) mass is 363 g/mol. The molecule has 2 heterocycles. The van der Waals surface area contributed by atoms with E-state index in [1.807, 2.05) is 25.1 Å². The summed E-state index contributed by atoms with van der Waals surface area (Å²) in [7, 11) is 0. The average Bonchev–Trinajstić information content (AvgIpc) is 3.00. The summed E-state index contributed by atoms with van der Waals surface area (Å²) in [6, 6.07) is 11.3. The number of aryl methyl sites for hydroxylation is 1. The van der Waals surface area contributed by atoms with E-state index in [0.29, 0.717) is 15.8 Å². The van der Waals surface area contributed by atoms with E-state index in [1.54, 1.807) is 6.07 Å². The van der Waals surface area contributed by atoms with Crippen LogP contribution in [0.3, 0.4) is 0 Å². The fourth-order valence-electron chi connectivity index (χ4n) is 2.90. The van der Waals surface area contributed by atoms with Crippen molar-refractivity contribution in [1.29, 1.82) is 0 Å². The van der Waals surface area contributed by atoms with Gasteiger partial charge in [-0.2, -0.15) is 5.10 Å². The van der Waals surface area contributed by atoms with Gasteiger partial charge in [0.1, 0.15) is 5.52 Å². The number of nitro groups is 1. The Kier molecular flexibility index (Phi) is 3.69. The number of benzene rings is 2. The van der Waals surface area contributed by atoms with Crippen LogP contribution < -0.4 is 11.2 Å².